The maximum atomic E-state index is 7.01. The minimum Gasteiger partial charge on any atom is -0.238 e. The summed E-state index contributed by atoms with van der Waals surface area (Å²) in [5, 5.41) is 2.10. The Balaban J connectivity index is 2.94. The van der Waals surface area contributed by atoms with E-state index in [1.807, 2.05) is 36.4 Å². The van der Waals surface area contributed by atoms with Gasteiger partial charge in [0.2, 0.25) is 0 Å². The number of hydrogen-bond acceptors (Lipinski definition) is 0. The molecule has 0 bridgehead atoms. The molecule has 0 saturated carbocycles. The van der Waals surface area contributed by atoms with Crippen molar-refractivity contribution >= 4 is 32.4 Å². The SMILES string of the molecule is [C-]#[N+]c1cccc2c(Br)cccc12. The van der Waals surface area contributed by atoms with E-state index in [1.54, 1.807) is 0 Å². The second-order valence-electron chi connectivity index (χ2n) is 2.72. The molecule has 0 aliphatic carbocycles. The van der Waals surface area contributed by atoms with Gasteiger partial charge in [-0.3, -0.25) is 0 Å². The second kappa shape index (κ2) is 3.20. The molecule has 0 aliphatic rings. The van der Waals surface area contributed by atoms with Crippen molar-refractivity contribution in [2.45, 2.75) is 0 Å². The van der Waals surface area contributed by atoms with Gasteiger partial charge in [0.1, 0.15) is 0 Å². The Kier molecular flexibility index (Phi) is 2.03. The number of rotatable bonds is 0. The quantitative estimate of drug-likeness (QED) is 0.601. The van der Waals surface area contributed by atoms with Crippen molar-refractivity contribution in [1.82, 2.24) is 0 Å². The zero-order chi connectivity index (χ0) is 9.26. The Labute approximate surface area is 84.9 Å². The van der Waals surface area contributed by atoms with E-state index in [2.05, 4.69) is 20.8 Å². The molecule has 1 nitrogen and oxygen atoms in total. The van der Waals surface area contributed by atoms with Crippen molar-refractivity contribution < 1.29 is 0 Å². The lowest BCUT2D eigenvalue weighted by molar-refractivity contribution is 1.71. The molecule has 0 aromatic heterocycles. The molecule has 0 saturated heterocycles. The topological polar surface area (TPSA) is 4.36 Å². The van der Waals surface area contributed by atoms with Crippen LogP contribution in [0.3, 0.4) is 0 Å². The van der Waals surface area contributed by atoms with Gasteiger partial charge in [0.15, 0.2) is 5.69 Å². The lowest BCUT2D eigenvalue weighted by Crippen LogP contribution is -1.73. The fraction of sp³-hybridized carbons (Fsp3) is 0. The van der Waals surface area contributed by atoms with Crippen molar-refractivity contribution in [2.75, 3.05) is 0 Å². The average Bonchev–Trinajstić information content (AvgIpc) is 2.18. The van der Waals surface area contributed by atoms with E-state index in [4.69, 9.17) is 6.57 Å². The van der Waals surface area contributed by atoms with Crippen LogP contribution in [-0.4, -0.2) is 0 Å². The molecule has 0 radical (unpaired) electrons. The van der Waals surface area contributed by atoms with Crippen molar-refractivity contribution in [3.63, 3.8) is 0 Å². The van der Waals surface area contributed by atoms with E-state index in [1.165, 1.54) is 0 Å². The molecule has 62 valence electrons. The number of nitrogens with zero attached hydrogens (tertiary/aromatic N) is 1. The Bertz CT molecular complexity index is 497. The van der Waals surface area contributed by atoms with Gasteiger partial charge in [-0.2, -0.15) is 0 Å². The first-order valence-corrected chi connectivity index (χ1v) is 4.67. The van der Waals surface area contributed by atoms with Crippen molar-refractivity contribution in [3.8, 4) is 0 Å². The molecular formula is C11H6BrN. The minimum absolute atomic E-state index is 0.707. The normalized spacial score (nSPS) is 9.85. The highest BCUT2D eigenvalue weighted by Crippen LogP contribution is 2.30. The predicted molar refractivity (Wildman–Crippen MR) is 57.9 cm³/mol. The molecule has 0 N–H and O–H groups in total. The van der Waals surface area contributed by atoms with Gasteiger partial charge in [0.05, 0.1) is 6.57 Å². The monoisotopic (exact) mass is 231 g/mol. The lowest BCUT2D eigenvalue weighted by atomic mass is 10.1. The van der Waals surface area contributed by atoms with Crippen LogP contribution in [0.2, 0.25) is 0 Å². The van der Waals surface area contributed by atoms with Crippen LogP contribution in [-0.2, 0) is 0 Å². The van der Waals surface area contributed by atoms with Crippen molar-refractivity contribution in [2.24, 2.45) is 0 Å². The molecule has 0 amide bonds. The third-order valence-corrected chi connectivity index (χ3v) is 2.66. The van der Waals surface area contributed by atoms with Crippen LogP contribution in [0.4, 0.5) is 5.69 Å². The molecule has 0 heterocycles. The summed E-state index contributed by atoms with van der Waals surface area (Å²) in [7, 11) is 0. The highest BCUT2D eigenvalue weighted by Gasteiger charge is 2.01. The summed E-state index contributed by atoms with van der Waals surface area (Å²) < 4.78 is 1.04. The molecule has 2 aromatic carbocycles. The highest BCUT2D eigenvalue weighted by atomic mass is 79.9. The summed E-state index contributed by atoms with van der Waals surface area (Å²) in [4.78, 5) is 3.47. The molecule has 2 heteroatoms. The first kappa shape index (κ1) is 8.28. The molecule has 0 fully saturated rings. The number of hydrogen-bond donors (Lipinski definition) is 0. The Hall–Kier alpha value is -1.33. The highest BCUT2D eigenvalue weighted by molar-refractivity contribution is 9.10. The molecule has 2 rings (SSSR count). The summed E-state index contributed by atoms with van der Waals surface area (Å²) in [5.41, 5.74) is 0.707. The zero-order valence-corrected chi connectivity index (χ0v) is 8.38. The van der Waals surface area contributed by atoms with E-state index < -0.39 is 0 Å². The van der Waals surface area contributed by atoms with E-state index in [9.17, 15) is 0 Å². The summed E-state index contributed by atoms with van der Waals surface area (Å²) in [6, 6.07) is 11.6. The van der Waals surface area contributed by atoms with Crippen LogP contribution in [0.15, 0.2) is 40.9 Å². The van der Waals surface area contributed by atoms with Crippen LogP contribution in [0.5, 0.6) is 0 Å². The van der Waals surface area contributed by atoms with Crippen molar-refractivity contribution in [3.05, 3.63) is 52.3 Å². The van der Waals surface area contributed by atoms with Gasteiger partial charge in [-0.25, -0.2) is 4.85 Å². The number of halogens is 1. The first-order chi connectivity index (χ1) is 6.33. The maximum Gasteiger partial charge on any atom is 0.194 e. The second-order valence-corrected chi connectivity index (χ2v) is 3.58. The van der Waals surface area contributed by atoms with E-state index >= 15 is 0 Å². The predicted octanol–water partition coefficient (Wildman–Crippen LogP) is 4.15. The standard InChI is InChI=1S/C11H6BrN/c1-13-11-7-3-4-8-9(11)5-2-6-10(8)12/h2-7H. The molecule has 0 spiro atoms. The Morgan fingerprint density at radius 2 is 1.69 bits per heavy atom. The van der Waals surface area contributed by atoms with Gasteiger partial charge in [0.25, 0.3) is 0 Å². The van der Waals surface area contributed by atoms with E-state index in [0.717, 1.165) is 15.2 Å². The van der Waals surface area contributed by atoms with Gasteiger partial charge >= 0.3 is 0 Å². The largest absolute Gasteiger partial charge is 0.238 e. The maximum absolute atomic E-state index is 7.01. The summed E-state index contributed by atoms with van der Waals surface area (Å²) in [5.74, 6) is 0. The van der Waals surface area contributed by atoms with Gasteiger partial charge in [-0.1, -0.05) is 46.3 Å². The smallest absolute Gasteiger partial charge is 0.194 e. The molecule has 0 unspecified atom stereocenters. The van der Waals surface area contributed by atoms with Crippen LogP contribution in [0, 0.1) is 6.57 Å². The van der Waals surface area contributed by atoms with Crippen LogP contribution < -0.4 is 0 Å². The van der Waals surface area contributed by atoms with Crippen LogP contribution in [0.25, 0.3) is 15.6 Å². The van der Waals surface area contributed by atoms with Gasteiger partial charge in [-0.15, -0.1) is 0 Å². The average molecular weight is 232 g/mol. The van der Waals surface area contributed by atoms with Crippen LogP contribution in [0.1, 0.15) is 0 Å². The Morgan fingerprint density at radius 1 is 1.00 bits per heavy atom. The third-order valence-electron chi connectivity index (χ3n) is 1.97. The van der Waals surface area contributed by atoms with Gasteiger partial charge < -0.3 is 0 Å². The fourth-order valence-corrected chi connectivity index (χ4v) is 1.85. The molecule has 0 aliphatic heterocycles. The van der Waals surface area contributed by atoms with Crippen molar-refractivity contribution in [1.29, 1.82) is 0 Å². The molecule has 2 aromatic rings. The summed E-state index contributed by atoms with van der Waals surface area (Å²) in [6.07, 6.45) is 0. The number of benzene rings is 2. The summed E-state index contributed by atoms with van der Waals surface area (Å²) >= 11 is 3.46. The fourth-order valence-electron chi connectivity index (χ4n) is 1.35. The lowest BCUT2D eigenvalue weighted by Gasteiger charge is -2.01. The molecular weight excluding hydrogens is 226 g/mol. The van der Waals surface area contributed by atoms with Crippen LogP contribution >= 0.6 is 15.9 Å². The van der Waals surface area contributed by atoms with E-state index in [-0.39, 0.29) is 0 Å². The third kappa shape index (κ3) is 1.32. The Morgan fingerprint density at radius 3 is 2.46 bits per heavy atom. The van der Waals surface area contributed by atoms with Gasteiger partial charge in [-0.05, 0) is 16.8 Å². The van der Waals surface area contributed by atoms with Gasteiger partial charge in [0, 0.05) is 4.47 Å². The zero-order valence-electron chi connectivity index (χ0n) is 6.79. The summed E-state index contributed by atoms with van der Waals surface area (Å²) in [6.45, 7) is 7.01. The minimum atomic E-state index is 0.707. The molecule has 0 atom stereocenters. The van der Waals surface area contributed by atoms with E-state index in [0.29, 0.717) is 5.69 Å². The molecule has 13 heavy (non-hydrogen) atoms. The first-order valence-electron chi connectivity index (χ1n) is 3.87. The number of fused-ring (bicyclic) bond motifs is 1.